The van der Waals surface area contributed by atoms with Crippen LogP contribution in [0, 0.1) is 5.82 Å². The van der Waals surface area contributed by atoms with Gasteiger partial charge >= 0.3 is 0 Å². The number of nitrogens with one attached hydrogen (secondary N) is 2. The van der Waals surface area contributed by atoms with E-state index >= 15 is 0 Å². The van der Waals surface area contributed by atoms with E-state index in [4.69, 9.17) is 0 Å². The zero-order valence-electron chi connectivity index (χ0n) is 15.6. The molecule has 30 heavy (non-hydrogen) atoms. The van der Waals surface area contributed by atoms with E-state index in [0.717, 1.165) is 4.88 Å². The first kappa shape index (κ1) is 18.3. The second-order valence-electron chi connectivity index (χ2n) is 6.77. The highest BCUT2D eigenvalue weighted by molar-refractivity contribution is 7.09. The summed E-state index contributed by atoms with van der Waals surface area (Å²) in [5.41, 5.74) is 1.92. The Bertz CT molecular complexity index is 1440. The van der Waals surface area contributed by atoms with Crippen LogP contribution < -0.4 is 10.9 Å². The maximum atomic E-state index is 13.2. The molecule has 0 aliphatic rings. The summed E-state index contributed by atoms with van der Waals surface area (Å²) in [5, 5.41) is 8.99. The molecule has 5 rings (SSSR count). The van der Waals surface area contributed by atoms with E-state index in [1.165, 1.54) is 35.1 Å². The van der Waals surface area contributed by atoms with Gasteiger partial charge in [0.15, 0.2) is 0 Å². The number of H-pyrrole nitrogens is 1. The van der Waals surface area contributed by atoms with Gasteiger partial charge in [-0.3, -0.25) is 19.7 Å². The second kappa shape index (κ2) is 7.23. The molecule has 0 unspecified atom stereocenters. The SMILES string of the molecule is O=C(NCc1cccs1)c1ccc2ncc3c(=O)n(-c4ccc(F)cc4)[nH]c3c2c1. The first-order valence-electron chi connectivity index (χ1n) is 9.20. The highest BCUT2D eigenvalue weighted by atomic mass is 32.1. The normalized spacial score (nSPS) is 11.2. The standard InChI is InChI=1S/C22H15FN4O2S/c23-14-4-6-15(7-5-14)27-22(29)18-12-24-19-8-3-13(10-17(19)20(18)26-27)21(28)25-11-16-2-1-9-30-16/h1-10,12,26H,11H2,(H,25,28). The molecule has 2 N–H and O–H groups in total. The molecular weight excluding hydrogens is 403 g/mol. The number of carbonyl (C=O) groups excluding carboxylic acids is 1. The molecule has 1 amide bonds. The number of benzene rings is 2. The van der Waals surface area contributed by atoms with E-state index < -0.39 is 0 Å². The quantitative estimate of drug-likeness (QED) is 0.463. The average Bonchev–Trinajstić information content (AvgIpc) is 3.40. The maximum absolute atomic E-state index is 13.2. The van der Waals surface area contributed by atoms with E-state index in [1.807, 2.05) is 17.5 Å². The van der Waals surface area contributed by atoms with E-state index in [9.17, 15) is 14.0 Å². The largest absolute Gasteiger partial charge is 0.347 e. The third-order valence-corrected chi connectivity index (χ3v) is 5.75. The molecule has 5 aromatic rings. The van der Waals surface area contributed by atoms with Gasteiger partial charge in [-0.25, -0.2) is 9.07 Å². The van der Waals surface area contributed by atoms with Crippen molar-refractivity contribution >= 4 is 39.0 Å². The number of carbonyl (C=O) groups is 1. The molecule has 0 aliphatic carbocycles. The van der Waals surface area contributed by atoms with Crippen molar-refractivity contribution in [3.05, 3.63) is 92.8 Å². The highest BCUT2D eigenvalue weighted by Crippen LogP contribution is 2.22. The summed E-state index contributed by atoms with van der Waals surface area (Å²) in [6.45, 7) is 0.453. The van der Waals surface area contributed by atoms with Crippen molar-refractivity contribution in [1.82, 2.24) is 20.1 Å². The molecule has 3 aromatic heterocycles. The number of halogens is 1. The van der Waals surface area contributed by atoms with E-state index in [-0.39, 0.29) is 17.3 Å². The topological polar surface area (TPSA) is 79.8 Å². The fourth-order valence-corrected chi connectivity index (χ4v) is 4.00. The number of amides is 1. The first-order valence-corrected chi connectivity index (χ1v) is 10.1. The third kappa shape index (κ3) is 3.17. The number of nitrogens with zero attached hydrogens (tertiary/aromatic N) is 2. The molecule has 8 heteroatoms. The van der Waals surface area contributed by atoms with Gasteiger partial charge in [0.25, 0.3) is 11.5 Å². The molecule has 0 fully saturated rings. The Balaban J connectivity index is 1.57. The molecule has 0 aliphatic heterocycles. The van der Waals surface area contributed by atoms with Crippen LogP contribution in [0.4, 0.5) is 4.39 Å². The van der Waals surface area contributed by atoms with Crippen LogP contribution in [0.5, 0.6) is 0 Å². The summed E-state index contributed by atoms with van der Waals surface area (Å²) < 4.78 is 14.6. The number of hydrogen-bond acceptors (Lipinski definition) is 4. The van der Waals surface area contributed by atoms with Crippen molar-refractivity contribution in [3.8, 4) is 5.69 Å². The second-order valence-corrected chi connectivity index (χ2v) is 7.80. The Morgan fingerprint density at radius 3 is 2.73 bits per heavy atom. The lowest BCUT2D eigenvalue weighted by Crippen LogP contribution is -2.22. The van der Waals surface area contributed by atoms with Crippen LogP contribution >= 0.6 is 11.3 Å². The predicted molar refractivity (Wildman–Crippen MR) is 115 cm³/mol. The van der Waals surface area contributed by atoms with Gasteiger partial charge in [0.2, 0.25) is 0 Å². The van der Waals surface area contributed by atoms with Crippen molar-refractivity contribution < 1.29 is 9.18 Å². The molecule has 0 saturated heterocycles. The molecule has 2 aromatic carbocycles. The predicted octanol–water partition coefficient (Wildman–Crippen LogP) is 4.00. The number of aromatic nitrogens is 3. The monoisotopic (exact) mass is 418 g/mol. The number of fused-ring (bicyclic) bond motifs is 3. The van der Waals surface area contributed by atoms with Gasteiger partial charge in [0.1, 0.15) is 5.82 Å². The van der Waals surface area contributed by atoms with Gasteiger partial charge < -0.3 is 5.32 Å². The van der Waals surface area contributed by atoms with Crippen LogP contribution in [0.3, 0.4) is 0 Å². The molecule has 0 saturated carbocycles. The fourth-order valence-electron chi connectivity index (χ4n) is 3.35. The van der Waals surface area contributed by atoms with Gasteiger partial charge in [0, 0.05) is 22.0 Å². The molecule has 0 atom stereocenters. The lowest BCUT2D eigenvalue weighted by Gasteiger charge is -2.06. The van der Waals surface area contributed by atoms with Crippen LogP contribution in [-0.4, -0.2) is 20.7 Å². The summed E-state index contributed by atoms with van der Waals surface area (Å²) in [4.78, 5) is 30.9. The number of thiophene rings is 1. The molecule has 6 nitrogen and oxygen atoms in total. The number of rotatable bonds is 4. The first-order chi connectivity index (χ1) is 14.6. The zero-order valence-corrected chi connectivity index (χ0v) is 16.4. The molecule has 0 spiro atoms. The van der Waals surface area contributed by atoms with Crippen LogP contribution in [0.15, 0.2) is 71.0 Å². The van der Waals surface area contributed by atoms with Gasteiger partial charge in [-0.15, -0.1) is 11.3 Å². The minimum absolute atomic E-state index is 0.206. The lowest BCUT2D eigenvalue weighted by atomic mass is 10.1. The van der Waals surface area contributed by atoms with Crippen LogP contribution in [0.2, 0.25) is 0 Å². The van der Waals surface area contributed by atoms with Gasteiger partial charge in [0.05, 0.1) is 28.7 Å². The Morgan fingerprint density at radius 1 is 1.13 bits per heavy atom. The van der Waals surface area contributed by atoms with Gasteiger partial charge in [-0.2, -0.15) is 0 Å². The Labute approximate surface area is 173 Å². The average molecular weight is 418 g/mol. The summed E-state index contributed by atoms with van der Waals surface area (Å²) in [5.74, 6) is -0.587. The molecule has 0 bridgehead atoms. The highest BCUT2D eigenvalue weighted by Gasteiger charge is 2.14. The fraction of sp³-hybridized carbons (Fsp3) is 0.0455. The lowest BCUT2D eigenvalue weighted by molar-refractivity contribution is 0.0951. The number of aromatic amines is 1. The zero-order chi connectivity index (χ0) is 20.7. The Hall–Kier alpha value is -3.78. The van der Waals surface area contributed by atoms with Crippen molar-refractivity contribution in [2.75, 3.05) is 0 Å². The summed E-state index contributed by atoms with van der Waals surface area (Å²) in [7, 11) is 0. The number of pyridine rings is 1. The van der Waals surface area contributed by atoms with Gasteiger partial charge in [-0.1, -0.05) is 6.07 Å². The van der Waals surface area contributed by atoms with Crippen molar-refractivity contribution in [3.63, 3.8) is 0 Å². The van der Waals surface area contributed by atoms with Crippen LogP contribution in [0.25, 0.3) is 27.5 Å². The van der Waals surface area contributed by atoms with Crippen molar-refractivity contribution in [2.24, 2.45) is 0 Å². The van der Waals surface area contributed by atoms with Crippen LogP contribution in [0.1, 0.15) is 15.2 Å². The van der Waals surface area contributed by atoms with Crippen molar-refractivity contribution in [1.29, 1.82) is 0 Å². The molecular formula is C22H15FN4O2S. The van der Waals surface area contributed by atoms with E-state index in [2.05, 4.69) is 15.4 Å². The Kier molecular flexibility index (Phi) is 4.40. The summed E-state index contributed by atoms with van der Waals surface area (Å²) in [6, 6.07) is 14.7. The minimum Gasteiger partial charge on any atom is -0.347 e. The van der Waals surface area contributed by atoms with Gasteiger partial charge in [-0.05, 0) is 53.9 Å². The maximum Gasteiger partial charge on any atom is 0.280 e. The third-order valence-electron chi connectivity index (χ3n) is 4.88. The Morgan fingerprint density at radius 2 is 1.97 bits per heavy atom. The van der Waals surface area contributed by atoms with Crippen molar-refractivity contribution in [2.45, 2.75) is 6.54 Å². The minimum atomic E-state index is -0.381. The van der Waals surface area contributed by atoms with Crippen LogP contribution in [-0.2, 0) is 6.54 Å². The van der Waals surface area contributed by atoms with E-state index in [1.54, 1.807) is 29.5 Å². The number of hydrogen-bond donors (Lipinski definition) is 2. The summed E-state index contributed by atoms with van der Waals surface area (Å²) >= 11 is 1.58. The van der Waals surface area contributed by atoms with E-state index in [0.29, 0.717) is 39.6 Å². The smallest absolute Gasteiger partial charge is 0.280 e. The molecule has 3 heterocycles. The molecule has 0 radical (unpaired) electrons. The molecule has 148 valence electrons. The summed E-state index contributed by atoms with van der Waals surface area (Å²) in [6.07, 6.45) is 1.51.